The number of carbonyl (C=O) groups is 3. The zero-order valence-corrected chi connectivity index (χ0v) is 25.3. The van der Waals surface area contributed by atoms with Gasteiger partial charge in [0, 0.05) is 19.0 Å². The number of alkyl carbamates (subject to hydrolysis) is 1. The molecule has 4 aromatic carbocycles. The molecule has 0 aliphatic carbocycles. The van der Waals surface area contributed by atoms with Crippen LogP contribution in [0.1, 0.15) is 35.1 Å². The van der Waals surface area contributed by atoms with E-state index in [0.29, 0.717) is 37.7 Å². The molecule has 9 nitrogen and oxygen atoms in total. The molecule has 0 aromatic heterocycles. The number of esters is 1. The molecule has 2 N–H and O–H groups in total. The number of ether oxygens (including phenoxy) is 4. The van der Waals surface area contributed by atoms with Crippen LogP contribution in [0.4, 0.5) is 4.79 Å². The van der Waals surface area contributed by atoms with Crippen molar-refractivity contribution in [3.63, 3.8) is 0 Å². The van der Waals surface area contributed by atoms with Gasteiger partial charge in [-0.25, -0.2) is 9.59 Å². The number of amides is 2. The van der Waals surface area contributed by atoms with Gasteiger partial charge in [0.1, 0.15) is 37.4 Å². The fourth-order valence-electron chi connectivity index (χ4n) is 4.43. The van der Waals surface area contributed by atoms with Crippen LogP contribution in [-0.4, -0.2) is 37.7 Å². The fourth-order valence-corrected chi connectivity index (χ4v) is 4.43. The van der Waals surface area contributed by atoms with E-state index in [9.17, 15) is 14.4 Å². The second-order valence-corrected chi connectivity index (χ2v) is 10.3. The number of nitrogens with one attached hydrogen (secondary N) is 2. The lowest BCUT2D eigenvalue weighted by Gasteiger charge is -2.16. The van der Waals surface area contributed by atoms with E-state index in [1.54, 1.807) is 0 Å². The Labute approximate surface area is 263 Å². The molecular weight excluding hydrogens is 572 g/mol. The molecular formula is C36H38N2O7. The Morgan fingerprint density at radius 1 is 0.667 bits per heavy atom. The molecule has 0 bridgehead atoms. The lowest BCUT2D eigenvalue weighted by molar-refractivity contribution is -0.143. The number of methoxy groups -OCH3 is 1. The molecule has 0 fully saturated rings. The van der Waals surface area contributed by atoms with E-state index in [0.717, 1.165) is 22.3 Å². The van der Waals surface area contributed by atoms with Crippen LogP contribution in [0.5, 0.6) is 11.5 Å². The summed E-state index contributed by atoms with van der Waals surface area (Å²) >= 11 is 0. The Balaban J connectivity index is 1.28. The van der Waals surface area contributed by atoms with Crippen LogP contribution in [0.2, 0.25) is 0 Å². The van der Waals surface area contributed by atoms with Gasteiger partial charge >= 0.3 is 12.1 Å². The van der Waals surface area contributed by atoms with Crippen LogP contribution < -0.4 is 20.1 Å². The maximum Gasteiger partial charge on any atom is 0.408 e. The molecule has 0 saturated heterocycles. The summed E-state index contributed by atoms with van der Waals surface area (Å²) in [5, 5.41) is 5.37. The Morgan fingerprint density at radius 3 is 1.69 bits per heavy atom. The van der Waals surface area contributed by atoms with E-state index >= 15 is 0 Å². The molecule has 0 unspecified atom stereocenters. The molecule has 9 heteroatoms. The van der Waals surface area contributed by atoms with Crippen molar-refractivity contribution >= 4 is 18.0 Å². The molecule has 4 rings (SSSR count). The van der Waals surface area contributed by atoms with E-state index in [1.807, 2.05) is 109 Å². The van der Waals surface area contributed by atoms with Crippen molar-refractivity contribution < 1.29 is 33.3 Å². The SMILES string of the molecule is COC(=O)[C@H](CCC(=O)NCCc1cc(OCc2ccccc2)cc(OCc2ccccc2)c1)NC(=O)OCc1ccccc1. The number of benzene rings is 4. The van der Waals surface area contributed by atoms with Gasteiger partial charge in [0.15, 0.2) is 0 Å². The summed E-state index contributed by atoms with van der Waals surface area (Å²) in [7, 11) is 1.22. The van der Waals surface area contributed by atoms with Crippen molar-refractivity contribution in [1.82, 2.24) is 10.6 Å². The van der Waals surface area contributed by atoms with E-state index in [1.165, 1.54) is 7.11 Å². The lowest BCUT2D eigenvalue weighted by atomic mass is 10.1. The van der Waals surface area contributed by atoms with Crippen molar-refractivity contribution in [2.24, 2.45) is 0 Å². The third kappa shape index (κ3) is 11.7. The number of rotatable bonds is 16. The summed E-state index contributed by atoms with van der Waals surface area (Å²) in [6.07, 6.45) is -0.182. The highest BCUT2D eigenvalue weighted by Crippen LogP contribution is 2.25. The van der Waals surface area contributed by atoms with Crippen LogP contribution in [0.15, 0.2) is 109 Å². The monoisotopic (exact) mass is 610 g/mol. The van der Waals surface area contributed by atoms with Crippen LogP contribution in [-0.2, 0) is 45.3 Å². The van der Waals surface area contributed by atoms with E-state index in [2.05, 4.69) is 10.6 Å². The Morgan fingerprint density at radius 2 is 1.18 bits per heavy atom. The predicted molar refractivity (Wildman–Crippen MR) is 170 cm³/mol. The predicted octanol–water partition coefficient (Wildman–Crippen LogP) is 5.75. The largest absolute Gasteiger partial charge is 0.489 e. The number of hydrogen-bond acceptors (Lipinski definition) is 7. The topological polar surface area (TPSA) is 112 Å². The van der Waals surface area contributed by atoms with Crippen molar-refractivity contribution in [2.45, 2.75) is 45.1 Å². The summed E-state index contributed by atoms with van der Waals surface area (Å²) in [6.45, 7) is 1.23. The lowest BCUT2D eigenvalue weighted by Crippen LogP contribution is -2.42. The molecule has 1 atom stereocenters. The highest BCUT2D eigenvalue weighted by atomic mass is 16.6. The Bertz CT molecular complexity index is 1440. The molecule has 2 amide bonds. The van der Waals surface area contributed by atoms with Gasteiger partial charge < -0.3 is 29.6 Å². The second-order valence-electron chi connectivity index (χ2n) is 10.3. The first kappa shape index (κ1) is 32.6. The van der Waals surface area contributed by atoms with Gasteiger partial charge in [0.05, 0.1) is 7.11 Å². The summed E-state index contributed by atoms with van der Waals surface area (Å²) in [5.41, 5.74) is 3.83. The van der Waals surface area contributed by atoms with Gasteiger partial charge in [-0.15, -0.1) is 0 Å². The van der Waals surface area contributed by atoms with Crippen molar-refractivity contribution in [3.05, 3.63) is 131 Å². The van der Waals surface area contributed by atoms with E-state index in [4.69, 9.17) is 18.9 Å². The molecule has 234 valence electrons. The van der Waals surface area contributed by atoms with Gasteiger partial charge in [-0.1, -0.05) is 91.0 Å². The zero-order chi connectivity index (χ0) is 31.7. The molecule has 4 aromatic rings. The normalized spacial score (nSPS) is 11.1. The first-order chi connectivity index (χ1) is 22.0. The minimum absolute atomic E-state index is 0.00436. The maximum atomic E-state index is 12.6. The molecule has 0 aliphatic heterocycles. The molecule has 0 heterocycles. The van der Waals surface area contributed by atoms with E-state index in [-0.39, 0.29) is 25.4 Å². The van der Waals surface area contributed by atoms with Crippen LogP contribution >= 0.6 is 0 Å². The summed E-state index contributed by atoms with van der Waals surface area (Å²) in [6, 6.07) is 33.7. The third-order valence-corrected chi connectivity index (χ3v) is 6.82. The van der Waals surface area contributed by atoms with Crippen molar-refractivity contribution in [1.29, 1.82) is 0 Å². The average Bonchev–Trinajstić information content (AvgIpc) is 3.08. The highest BCUT2D eigenvalue weighted by molar-refractivity contribution is 5.82. The molecule has 0 saturated carbocycles. The summed E-state index contributed by atoms with van der Waals surface area (Å²) < 4.78 is 22.1. The average molecular weight is 611 g/mol. The quantitative estimate of drug-likeness (QED) is 0.155. The molecule has 0 radical (unpaired) electrons. The van der Waals surface area contributed by atoms with Gasteiger partial charge in [-0.2, -0.15) is 0 Å². The maximum absolute atomic E-state index is 12.6. The molecule has 0 spiro atoms. The van der Waals surface area contributed by atoms with Crippen molar-refractivity contribution in [2.75, 3.05) is 13.7 Å². The first-order valence-corrected chi connectivity index (χ1v) is 14.8. The molecule has 45 heavy (non-hydrogen) atoms. The number of hydrogen-bond donors (Lipinski definition) is 2. The van der Waals surface area contributed by atoms with Crippen LogP contribution in [0, 0.1) is 0 Å². The van der Waals surface area contributed by atoms with Crippen LogP contribution in [0.25, 0.3) is 0 Å². The molecule has 0 aliphatic rings. The Kier molecular flexibility index (Phi) is 12.8. The smallest absolute Gasteiger partial charge is 0.408 e. The minimum Gasteiger partial charge on any atom is -0.489 e. The standard InChI is InChI=1S/C36H38N2O7/c1-42-35(40)33(38-36(41)45-26-29-15-9-4-10-16-29)17-18-34(39)37-20-19-30-21-31(43-24-27-11-5-2-6-12-27)23-32(22-30)44-25-28-13-7-3-8-14-28/h2-16,21-23,33H,17-20,24-26H2,1H3,(H,37,39)(H,38,41)/t33-/m0/s1. The van der Waals surface area contributed by atoms with Gasteiger partial charge in [-0.3, -0.25) is 4.79 Å². The van der Waals surface area contributed by atoms with E-state index < -0.39 is 18.1 Å². The zero-order valence-electron chi connectivity index (χ0n) is 25.3. The fraction of sp³-hybridized carbons (Fsp3) is 0.250. The number of carbonyl (C=O) groups excluding carboxylic acids is 3. The van der Waals surface area contributed by atoms with Gasteiger partial charge in [0.2, 0.25) is 5.91 Å². The van der Waals surface area contributed by atoms with Gasteiger partial charge in [-0.05, 0) is 47.2 Å². The Hall–Kier alpha value is -5.31. The minimum atomic E-state index is -1.02. The van der Waals surface area contributed by atoms with Crippen LogP contribution in [0.3, 0.4) is 0 Å². The second kappa shape index (κ2) is 17.7. The summed E-state index contributed by atoms with van der Waals surface area (Å²) in [4.78, 5) is 37.1. The third-order valence-electron chi connectivity index (χ3n) is 6.82. The summed E-state index contributed by atoms with van der Waals surface area (Å²) in [5.74, 6) is 0.406. The first-order valence-electron chi connectivity index (χ1n) is 14.8. The van der Waals surface area contributed by atoms with Crippen molar-refractivity contribution in [3.8, 4) is 11.5 Å². The van der Waals surface area contributed by atoms with Gasteiger partial charge in [0.25, 0.3) is 0 Å². The highest BCUT2D eigenvalue weighted by Gasteiger charge is 2.23.